The molecule has 0 aliphatic heterocycles. The molecule has 0 fully saturated rings. The predicted molar refractivity (Wildman–Crippen MR) is 75.2 cm³/mol. The Morgan fingerprint density at radius 3 is 2.48 bits per heavy atom. The zero-order valence-electron chi connectivity index (χ0n) is 11.3. The number of thiocarbonyl (C=S) groups is 1. The first kappa shape index (κ1) is 17.8. The lowest BCUT2D eigenvalue weighted by Crippen LogP contribution is -2.43. The van der Waals surface area contributed by atoms with E-state index < -0.39 is 33.7 Å². The molecule has 118 valence electrons. The van der Waals surface area contributed by atoms with E-state index in [0.29, 0.717) is 4.31 Å². The fourth-order valence-corrected chi connectivity index (χ4v) is 3.64. The second kappa shape index (κ2) is 6.24. The van der Waals surface area contributed by atoms with Gasteiger partial charge in [-0.05, 0) is 26.0 Å². The maximum Gasteiger partial charge on any atom is 0.402 e. The van der Waals surface area contributed by atoms with Gasteiger partial charge in [0.05, 0.1) is 0 Å². The van der Waals surface area contributed by atoms with Crippen LogP contribution in [0.15, 0.2) is 23.2 Å². The number of hydrogen-bond acceptors (Lipinski definition) is 4. The van der Waals surface area contributed by atoms with Crippen LogP contribution in [0.5, 0.6) is 0 Å². The molecule has 0 aromatic carbocycles. The van der Waals surface area contributed by atoms with E-state index in [1.165, 1.54) is 26.1 Å². The molecule has 0 atom stereocenters. The van der Waals surface area contributed by atoms with Crippen molar-refractivity contribution in [3.63, 3.8) is 0 Å². The maximum absolute atomic E-state index is 12.6. The fourth-order valence-electron chi connectivity index (χ4n) is 1.63. The molecule has 0 aliphatic rings. The average Bonchev–Trinajstić information content (AvgIpc) is 2.34. The summed E-state index contributed by atoms with van der Waals surface area (Å²) in [5, 5.41) is 0. The second-order valence-corrected chi connectivity index (χ2v) is 6.77. The van der Waals surface area contributed by atoms with Crippen molar-refractivity contribution in [1.29, 1.82) is 0 Å². The summed E-state index contributed by atoms with van der Waals surface area (Å²) < 4.78 is 63.0. The van der Waals surface area contributed by atoms with Crippen molar-refractivity contribution in [2.45, 2.75) is 31.0 Å². The van der Waals surface area contributed by atoms with E-state index in [-0.39, 0.29) is 10.7 Å². The van der Waals surface area contributed by atoms with Crippen LogP contribution in [0.25, 0.3) is 0 Å². The first-order valence-electron chi connectivity index (χ1n) is 5.80. The molecule has 0 unspecified atom stereocenters. The maximum atomic E-state index is 12.6. The minimum atomic E-state index is -4.66. The number of nitrogens with two attached hydrogens (primary N) is 1. The second-order valence-electron chi connectivity index (χ2n) is 4.47. The van der Waals surface area contributed by atoms with E-state index >= 15 is 0 Å². The Hall–Kier alpha value is -1.26. The number of rotatable bonds is 5. The van der Waals surface area contributed by atoms with Gasteiger partial charge in [0, 0.05) is 12.2 Å². The average molecular weight is 341 g/mol. The van der Waals surface area contributed by atoms with Gasteiger partial charge in [-0.1, -0.05) is 12.2 Å². The van der Waals surface area contributed by atoms with Crippen molar-refractivity contribution in [2.24, 2.45) is 5.73 Å². The van der Waals surface area contributed by atoms with Gasteiger partial charge in [0.15, 0.2) is 0 Å². The summed E-state index contributed by atoms with van der Waals surface area (Å²) in [7, 11) is -4.43. The van der Waals surface area contributed by atoms with E-state index in [1.807, 2.05) is 0 Å². The van der Waals surface area contributed by atoms with E-state index in [0.717, 1.165) is 6.07 Å². The van der Waals surface area contributed by atoms with Crippen LogP contribution < -0.4 is 5.73 Å². The molecule has 1 heterocycles. The fraction of sp³-hybridized carbons (Fsp3) is 0.455. The van der Waals surface area contributed by atoms with E-state index in [9.17, 15) is 21.6 Å². The highest BCUT2D eigenvalue weighted by atomic mass is 32.2. The van der Waals surface area contributed by atoms with E-state index in [4.69, 9.17) is 18.0 Å². The SMILES string of the molecule is CC(C)N(CC(F)(F)F)S(=O)(=O)c1cccnc1C(N)=S. The van der Waals surface area contributed by atoms with Crippen LogP contribution in [-0.2, 0) is 10.0 Å². The molecule has 1 aromatic rings. The molecule has 0 bridgehead atoms. The number of hydrogen-bond donors (Lipinski definition) is 1. The predicted octanol–water partition coefficient (Wildman–Crippen LogP) is 1.68. The van der Waals surface area contributed by atoms with Gasteiger partial charge in [-0.25, -0.2) is 8.42 Å². The van der Waals surface area contributed by atoms with Crippen LogP contribution in [0.1, 0.15) is 19.5 Å². The molecule has 21 heavy (non-hydrogen) atoms. The highest BCUT2D eigenvalue weighted by Crippen LogP contribution is 2.25. The largest absolute Gasteiger partial charge is 0.402 e. The Morgan fingerprint density at radius 2 is 2.05 bits per heavy atom. The standard InChI is InChI=1S/C11H14F3N3O2S2/c1-7(2)17(6-11(12,13)14)21(18,19)8-4-3-5-16-9(8)10(15)20/h3-5,7H,6H2,1-2H3,(H2,15,20). The lowest BCUT2D eigenvalue weighted by molar-refractivity contribution is -0.138. The Labute approximate surface area is 126 Å². The third kappa shape index (κ3) is 4.35. The summed E-state index contributed by atoms with van der Waals surface area (Å²) in [6.07, 6.45) is -3.40. The van der Waals surface area contributed by atoms with Gasteiger partial charge in [-0.3, -0.25) is 4.98 Å². The molecule has 0 saturated heterocycles. The molecule has 0 radical (unpaired) electrons. The monoisotopic (exact) mass is 341 g/mol. The topological polar surface area (TPSA) is 76.3 Å². The quantitative estimate of drug-likeness (QED) is 0.825. The molecule has 5 nitrogen and oxygen atoms in total. The third-order valence-corrected chi connectivity index (χ3v) is 4.75. The molecule has 2 N–H and O–H groups in total. The zero-order chi connectivity index (χ0) is 16.4. The molecule has 1 aromatic heterocycles. The Balaban J connectivity index is 3.41. The van der Waals surface area contributed by atoms with Crippen LogP contribution >= 0.6 is 12.2 Å². The minimum Gasteiger partial charge on any atom is -0.388 e. The van der Waals surface area contributed by atoms with Gasteiger partial charge in [0.1, 0.15) is 22.1 Å². The first-order chi connectivity index (χ1) is 9.47. The van der Waals surface area contributed by atoms with Gasteiger partial charge >= 0.3 is 6.18 Å². The lowest BCUT2D eigenvalue weighted by atomic mass is 10.3. The molecule has 0 aliphatic carbocycles. The van der Waals surface area contributed by atoms with E-state index in [1.54, 1.807) is 0 Å². The van der Waals surface area contributed by atoms with Gasteiger partial charge in [0.25, 0.3) is 0 Å². The van der Waals surface area contributed by atoms with Crippen molar-refractivity contribution in [3.05, 3.63) is 24.0 Å². The van der Waals surface area contributed by atoms with Crippen LogP contribution in [0.3, 0.4) is 0 Å². The van der Waals surface area contributed by atoms with Crippen molar-refractivity contribution in [1.82, 2.24) is 9.29 Å². The molecular formula is C11H14F3N3O2S2. The number of aromatic nitrogens is 1. The molecule has 0 amide bonds. The smallest absolute Gasteiger partial charge is 0.388 e. The Kier molecular flexibility index (Phi) is 5.29. The number of pyridine rings is 1. The molecule has 0 spiro atoms. The normalized spacial score (nSPS) is 12.9. The number of alkyl halides is 3. The third-order valence-electron chi connectivity index (χ3n) is 2.50. The van der Waals surface area contributed by atoms with Crippen molar-refractivity contribution >= 4 is 27.2 Å². The summed E-state index contributed by atoms with van der Waals surface area (Å²) in [5.41, 5.74) is 5.16. The zero-order valence-corrected chi connectivity index (χ0v) is 12.9. The van der Waals surface area contributed by atoms with Crippen LogP contribution in [0.2, 0.25) is 0 Å². The molecule has 10 heteroatoms. The van der Waals surface area contributed by atoms with Crippen molar-refractivity contribution < 1.29 is 21.6 Å². The number of sulfonamides is 1. The van der Waals surface area contributed by atoms with Crippen molar-refractivity contribution in [3.8, 4) is 0 Å². The number of halogens is 3. The Bertz CT molecular complexity index is 630. The van der Waals surface area contributed by atoms with Gasteiger partial charge in [0.2, 0.25) is 10.0 Å². The highest BCUT2D eigenvalue weighted by molar-refractivity contribution is 7.89. The summed E-state index contributed by atoms with van der Waals surface area (Å²) >= 11 is 4.69. The lowest BCUT2D eigenvalue weighted by Gasteiger charge is -2.27. The summed E-state index contributed by atoms with van der Waals surface area (Å²) in [4.78, 5) is 2.99. The van der Waals surface area contributed by atoms with Gasteiger partial charge < -0.3 is 5.73 Å². The van der Waals surface area contributed by atoms with Gasteiger partial charge in [-0.2, -0.15) is 17.5 Å². The minimum absolute atomic E-state index is 0.222. The summed E-state index contributed by atoms with van der Waals surface area (Å²) in [5.74, 6) is 0. The molecular weight excluding hydrogens is 327 g/mol. The van der Waals surface area contributed by atoms with E-state index in [2.05, 4.69) is 4.98 Å². The van der Waals surface area contributed by atoms with Crippen LogP contribution in [0, 0.1) is 0 Å². The summed E-state index contributed by atoms with van der Waals surface area (Å²) in [6.45, 7) is 1.10. The van der Waals surface area contributed by atoms with Crippen LogP contribution in [-0.4, -0.2) is 41.5 Å². The van der Waals surface area contributed by atoms with Gasteiger partial charge in [-0.15, -0.1) is 0 Å². The summed E-state index contributed by atoms with van der Waals surface area (Å²) in [6, 6.07) is 1.53. The van der Waals surface area contributed by atoms with Crippen molar-refractivity contribution in [2.75, 3.05) is 6.54 Å². The van der Waals surface area contributed by atoms with Crippen LogP contribution in [0.4, 0.5) is 13.2 Å². The highest BCUT2D eigenvalue weighted by Gasteiger charge is 2.39. The molecule has 0 saturated carbocycles. The Morgan fingerprint density at radius 1 is 1.48 bits per heavy atom. The number of nitrogens with zero attached hydrogens (tertiary/aromatic N) is 2. The molecule has 1 rings (SSSR count). The first-order valence-corrected chi connectivity index (χ1v) is 7.65.